The van der Waals surface area contributed by atoms with Gasteiger partial charge in [0.1, 0.15) is 24.6 Å². The van der Waals surface area contributed by atoms with Crippen molar-refractivity contribution in [2.45, 2.75) is 30.8 Å². The van der Waals surface area contributed by atoms with Gasteiger partial charge in [0.05, 0.1) is 6.61 Å². The van der Waals surface area contributed by atoms with Crippen LogP contribution in [0.4, 0.5) is 0 Å². The summed E-state index contributed by atoms with van der Waals surface area (Å²) >= 11 is 0. The standard InChI is InChI=1S/C9H17NO7/c11-3-1-2-10-9(17)8(16)7(15)6(14)5(13)4-12/h3,5-8,12-16H,1-2,4H2,(H,10,17)/t5-,6-,7+,8-/m1/s1. The Morgan fingerprint density at radius 2 is 1.76 bits per heavy atom. The lowest BCUT2D eigenvalue weighted by molar-refractivity contribution is -0.148. The zero-order chi connectivity index (χ0) is 13.4. The Hall–Kier alpha value is -1.06. The number of hydrogen-bond acceptors (Lipinski definition) is 7. The summed E-state index contributed by atoms with van der Waals surface area (Å²) in [7, 11) is 0. The Morgan fingerprint density at radius 1 is 1.18 bits per heavy atom. The molecule has 8 nitrogen and oxygen atoms in total. The molecule has 0 aliphatic rings. The number of carbonyl (C=O) groups is 2. The van der Waals surface area contributed by atoms with Crippen molar-refractivity contribution in [1.29, 1.82) is 0 Å². The van der Waals surface area contributed by atoms with Crippen LogP contribution < -0.4 is 5.32 Å². The summed E-state index contributed by atoms with van der Waals surface area (Å²) in [5.74, 6) is -0.983. The summed E-state index contributed by atoms with van der Waals surface area (Å²) in [6.07, 6.45) is -6.80. The van der Waals surface area contributed by atoms with Crippen LogP contribution in [0.2, 0.25) is 0 Å². The molecule has 1 amide bonds. The Balaban J connectivity index is 4.22. The third-order valence-electron chi connectivity index (χ3n) is 2.08. The molecular formula is C9H17NO7. The molecule has 0 saturated carbocycles. The molecule has 0 unspecified atom stereocenters. The fourth-order valence-electron chi connectivity index (χ4n) is 1.04. The van der Waals surface area contributed by atoms with Crippen molar-refractivity contribution in [2.24, 2.45) is 0 Å². The van der Waals surface area contributed by atoms with Crippen molar-refractivity contribution >= 4 is 12.2 Å². The predicted octanol–water partition coefficient (Wildman–Crippen LogP) is -3.87. The highest BCUT2D eigenvalue weighted by molar-refractivity contribution is 5.81. The highest BCUT2D eigenvalue weighted by Crippen LogP contribution is 2.05. The number of nitrogens with one attached hydrogen (secondary N) is 1. The lowest BCUT2D eigenvalue weighted by atomic mass is 10.0. The zero-order valence-electron chi connectivity index (χ0n) is 9.06. The highest BCUT2D eigenvalue weighted by atomic mass is 16.4. The summed E-state index contributed by atoms with van der Waals surface area (Å²) in [5.41, 5.74) is 0. The fraction of sp³-hybridized carbons (Fsp3) is 0.778. The Bertz CT molecular complexity index is 247. The van der Waals surface area contributed by atoms with E-state index in [4.69, 9.17) is 10.2 Å². The molecular weight excluding hydrogens is 234 g/mol. The summed E-state index contributed by atoms with van der Waals surface area (Å²) in [5, 5.41) is 47.5. The molecule has 0 bridgehead atoms. The number of aliphatic hydroxyl groups is 5. The molecule has 17 heavy (non-hydrogen) atoms. The first-order chi connectivity index (χ1) is 7.95. The van der Waals surface area contributed by atoms with Crippen LogP contribution in [0.5, 0.6) is 0 Å². The van der Waals surface area contributed by atoms with Crippen molar-refractivity contribution in [3.63, 3.8) is 0 Å². The van der Waals surface area contributed by atoms with E-state index in [0.29, 0.717) is 6.29 Å². The molecule has 8 heteroatoms. The number of amides is 1. The summed E-state index contributed by atoms with van der Waals surface area (Å²) in [6.45, 7) is -0.831. The van der Waals surface area contributed by atoms with E-state index in [9.17, 15) is 24.9 Å². The van der Waals surface area contributed by atoms with Crippen LogP contribution >= 0.6 is 0 Å². The van der Waals surface area contributed by atoms with Crippen LogP contribution in [0.15, 0.2) is 0 Å². The van der Waals surface area contributed by atoms with E-state index < -0.39 is 36.9 Å². The minimum absolute atomic E-state index is 0.00916. The monoisotopic (exact) mass is 251 g/mol. The first-order valence-electron chi connectivity index (χ1n) is 5.00. The van der Waals surface area contributed by atoms with Gasteiger partial charge in [-0.3, -0.25) is 4.79 Å². The number of aldehydes is 1. The lowest BCUT2D eigenvalue weighted by Gasteiger charge is -2.24. The first-order valence-corrected chi connectivity index (χ1v) is 5.00. The van der Waals surface area contributed by atoms with E-state index in [1.54, 1.807) is 0 Å². The third kappa shape index (κ3) is 5.20. The van der Waals surface area contributed by atoms with Crippen LogP contribution in [0.25, 0.3) is 0 Å². The predicted molar refractivity (Wildman–Crippen MR) is 54.8 cm³/mol. The molecule has 6 N–H and O–H groups in total. The molecule has 0 aromatic carbocycles. The quantitative estimate of drug-likeness (QED) is 0.191. The van der Waals surface area contributed by atoms with Crippen LogP contribution in [0.1, 0.15) is 6.42 Å². The Morgan fingerprint density at radius 3 is 2.24 bits per heavy atom. The average Bonchev–Trinajstić information content (AvgIpc) is 2.35. The van der Waals surface area contributed by atoms with Crippen molar-refractivity contribution in [2.75, 3.05) is 13.2 Å². The van der Waals surface area contributed by atoms with Crippen molar-refractivity contribution in [3.8, 4) is 0 Å². The summed E-state index contributed by atoms with van der Waals surface area (Å²) in [4.78, 5) is 21.1. The minimum Gasteiger partial charge on any atom is -0.394 e. The molecule has 0 aromatic rings. The maximum Gasteiger partial charge on any atom is 0.251 e. The topological polar surface area (TPSA) is 147 Å². The normalized spacial score (nSPS) is 17.9. The van der Waals surface area contributed by atoms with Gasteiger partial charge in [0.15, 0.2) is 6.10 Å². The van der Waals surface area contributed by atoms with Crippen molar-refractivity contribution in [3.05, 3.63) is 0 Å². The number of carbonyl (C=O) groups excluding carboxylic acids is 2. The van der Waals surface area contributed by atoms with Gasteiger partial charge in [-0.15, -0.1) is 0 Å². The van der Waals surface area contributed by atoms with Crippen molar-refractivity contribution < 1.29 is 35.1 Å². The second kappa shape index (κ2) is 8.09. The lowest BCUT2D eigenvalue weighted by Crippen LogP contribution is -2.51. The molecule has 0 heterocycles. The number of rotatable bonds is 8. The maximum atomic E-state index is 11.2. The van der Waals surface area contributed by atoms with Crippen LogP contribution in [-0.4, -0.2) is 75.3 Å². The molecule has 0 rings (SSSR count). The van der Waals surface area contributed by atoms with Gasteiger partial charge in [-0.1, -0.05) is 0 Å². The molecule has 100 valence electrons. The minimum atomic E-state index is -1.96. The van der Waals surface area contributed by atoms with Crippen molar-refractivity contribution in [1.82, 2.24) is 5.32 Å². The molecule has 0 aliphatic heterocycles. The van der Waals surface area contributed by atoms with Crippen LogP contribution in [0, 0.1) is 0 Å². The van der Waals surface area contributed by atoms with Gasteiger partial charge in [-0.2, -0.15) is 0 Å². The molecule has 0 aliphatic carbocycles. The molecule has 0 aromatic heterocycles. The molecule has 0 fully saturated rings. The van der Waals surface area contributed by atoms with Gasteiger partial charge >= 0.3 is 0 Å². The highest BCUT2D eigenvalue weighted by Gasteiger charge is 2.33. The summed E-state index contributed by atoms with van der Waals surface area (Å²) in [6, 6.07) is 0. The van der Waals surface area contributed by atoms with Gasteiger partial charge in [0.25, 0.3) is 5.91 Å². The average molecular weight is 251 g/mol. The largest absolute Gasteiger partial charge is 0.394 e. The second-order valence-electron chi connectivity index (χ2n) is 3.42. The number of aliphatic hydroxyl groups excluding tert-OH is 5. The molecule has 0 radical (unpaired) electrons. The second-order valence-corrected chi connectivity index (χ2v) is 3.42. The first kappa shape index (κ1) is 15.9. The van der Waals surface area contributed by atoms with E-state index in [1.165, 1.54) is 0 Å². The van der Waals surface area contributed by atoms with E-state index in [2.05, 4.69) is 5.32 Å². The van der Waals surface area contributed by atoms with Gasteiger partial charge in [-0.25, -0.2) is 0 Å². The SMILES string of the molecule is O=CCCNC(=O)[C@H](O)[C@@H](O)[C@H](O)[C@H](O)CO. The molecule has 0 spiro atoms. The van der Waals surface area contributed by atoms with Gasteiger partial charge < -0.3 is 35.6 Å². The van der Waals surface area contributed by atoms with Gasteiger partial charge in [-0.05, 0) is 0 Å². The Labute approximate surface area is 97.5 Å². The van der Waals surface area contributed by atoms with Crippen LogP contribution in [0.3, 0.4) is 0 Å². The Kier molecular flexibility index (Phi) is 7.59. The van der Waals surface area contributed by atoms with Gasteiger partial charge in [0, 0.05) is 13.0 Å². The van der Waals surface area contributed by atoms with E-state index in [0.717, 1.165) is 0 Å². The fourth-order valence-corrected chi connectivity index (χ4v) is 1.04. The zero-order valence-corrected chi connectivity index (χ0v) is 9.06. The van der Waals surface area contributed by atoms with E-state index in [-0.39, 0.29) is 13.0 Å². The number of hydrogen-bond donors (Lipinski definition) is 6. The van der Waals surface area contributed by atoms with E-state index in [1.807, 2.05) is 0 Å². The molecule has 4 atom stereocenters. The van der Waals surface area contributed by atoms with E-state index >= 15 is 0 Å². The maximum absolute atomic E-state index is 11.2. The van der Waals surface area contributed by atoms with Crippen LogP contribution in [-0.2, 0) is 9.59 Å². The third-order valence-corrected chi connectivity index (χ3v) is 2.08. The molecule has 0 saturated heterocycles. The smallest absolute Gasteiger partial charge is 0.251 e. The summed E-state index contributed by atoms with van der Waals surface area (Å²) < 4.78 is 0. The van der Waals surface area contributed by atoms with Gasteiger partial charge in [0.2, 0.25) is 0 Å².